The third kappa shape index (κ3) is 2.66. The van der Waals surface area contributed by atoms with E-state index in [0.29, 0.717) is 17.7 Å². The van der Waals surface area contributed by atoms with Crippen LogP contribution in [0.15, 0.2) is 18.2 Å². The van der Waals surface area contributed by atoms with Gasteiger partial charge in [-0.05, 0) is 38.8 Å². The molecule has 1 heterocycles. The predicted molar refractivity (Wildman–Crippen MR) is 79.6 cm³/mol. The first-order valence-corrected chi connectivity index (χ1v) is 7.06. The van der Waals surface area contributed by atoms with Crippen LogP contribution in [0.1, 0.15) is 32.8 Å². The Hall–Kier alpha value is -2.44. The Morgan fingerprint density at radius 2 is 2.09 bits per heavy atom. The number of anilines is 1. The van der Waals surface area contributed by atoms with E-state index >= 15 is 0 Å². The van der Waals surface area contributed by atoms with E-state index < -0.39 is 16.4 Å². The maximum atomic E-state index is 12.3. The standard InChI is InChI=1S/C15H18N2O5/c1-4-22-14(19)15(2,3)16-12-7-6-11(17(20)21)9-10(12)5-8-13(16)18/h6-7,9H,4-5,8H2,1-3H3. The van der Waals surface area contributed by atoms with Crippen LogP contribution >= 0.6 is 0 Å². The molecule has 0 atom stereocenters. The van der Waals surface area contributed by atoms with Crippen molar-refractivity contribution in [1.29, 1.82) is 0 Å². The third-order valence-corrected chi connectivity index (χ3v) is 3.71. The van der Waals surface area contributed by atoms with E-state index in [2.05, 4.69) is 0 Å². The quantitative estimate of drug-likeness (QED) is 0.483. The van der Waals surface area contributed by atoms with Crippen molar-refractivity contribution in [2.75, 3.05) is 11.5 Å². The number of fused-ring (bicyclic) bond motifs is 1. The van der Waals surface area contributed by atoms with Gasteiger partial charge in [-0.15, -0.1) is 0 Å². The van der Waals surface area contributed by atoms with Crippen LogP contribution in [-0.2, 0) is 20.7 Å². The Balaban J connectivity index is 2.48. The Kier molecular flexibility index (Phi) is 4.16. The monoisotopic (exact) mass is 306 g/mol. The molecule has 0 N–H and O–H groups in total. The minimum atomic E-state index is -1.17. The Morgan fingerprint density at radius 1 is 1.41 bits per heavy atom. The summed E-state index contributed by atoms with van der Waals surface area (Å²) in [6.45, 7) is 5.14. The summed E-state index contributed by atoms with van der Waals surface area (Å²) in [4.78, 5) is 36.3. The van der Waals surface area contributed by atoms with Gasteiger partial charge in [0.2, 0.25) is 5.91 Å². The van der Waals surface area contributed by atoms with E-state index in [1.165, 1.54) is 23.1 Å². The van der Waals surface area contributed by atoms with Crippen molar-refractivity contribution in [2.45, 2.75) is 39.2 Å². The Bertz CT molecular complexity index is 639. The molecule has 1 aliphatic heterocycles. The SMILES string of the molecule is CCOC(=O)C(C)(C)N1C(=O)CCc2cc([N+](=O)[O-])ccc21. The highest BCUT2D eigenvalue weighted by molar-refractivity contribution is 6.03. The van der Waals surface area contributed by atoms with Gasteiger partial charge in [-0.2, -0.15) is 0 Å². The highest BCUT2D eigenvalue weighted by Crippen LogP contribution is 2.36. The van der Waals surface area contributed by atoms with E-state index in [-0.39, 0.29) is 24.6 Å². The van der Waals surface area contributed by atoms with Gasteiger partial charge in [0.25, 0.3) is 5.69 Å². The number of aryl methyl sites for hydroxylation is 1. The van der Waals surface area contributed by atoms with Crippen LogP contribution in [0, 0.1) is 10.1 Å². The van der Waals surface area contributed by atoms with Gasteiger partial charge in [0, 0.05) is 24.2 Å². The molecule has 2 rings (SSSR count). The normalized spacial score (nSPS) is 14.5. The number of hydrogen-bond donors (Lipinski definition) is 0. The average Bonchev–Trinajstić information content (AvgIpc) is 2.46. The third-order valence-electron chi connectivity index (χ3n) is 3.71. The molecule has 1 aromatic carbocycles. The lowest BCUT2D eigenvalue weighted by Gasteiger charge is -2.39. The molecule has 1 amide bonds. The van der Waals surface area contributed by atoms with Crippen LogP contribution in [0.3, 0.4) is 0 Å². The summed E-state index contributed by atoms with van der Waals surface area (Å²) in [7, 11) is 0. The zero-order chi connectivity index (χ0) is 16.5. The van der Waals surface area contributed by atoms with E-state index in [1.807, 2.05) is 0 Å². The molecule has 0 aromatic heterocycles. The van der Waals surface area contributed by atoms with Crippen molar-refractivity contribution in [3.05, 3.63) is 33.9 Å². The van der Waals surface area contributed by atoms with E-state index in [4.69, 9.17) is 4.74 Å². The molecule has 0 spiro atoms. The number of benzene rings is 1. The first kappa shape index (κ1) is 15.9. The summed E-state index contributed by atoms with van der Waals surface area (Å²) >= 11 is 0. The van der Waals surface area contributed by atoms with Crippen molar-refractivity contribution >= 4 is 23.3 Å². The fraction of sp³-hybridized carbons (Fsp3) is 0.467. The van der Waals surface area contributed by atoms with Crippen LogP contribution in [0.2, 0.25) is 0 Å². The number of nitrogens with zero attached hydrogens (tertiary/aromatic N) is 2. The number of esters is 1. The molecule has 0 saturated carbocycles. The van der Waals surface area contributed by atoms with E-state index in [1.54, 1.807) is 20.8 Å². The lowest BCUT2D eigenvalue weighted by Crippen LogP contribution is -2.55. The van der Waals surface area contributed by atoms with E-state index in [9.17, 15) is 19.7 Å². The van der Waals surface area contributed by atoms with Gasteiger partial charge in [0.05, 0.1) is 11.5 Å². The summed E-state index contributed by atoms with van der Waals surface area (Å²) in [5.74, 6) is -0.700. The van der Waals surface area contributed by atoms with Gasteiger partial charge < -0.3 is 4.74 Å². The lowest BCUT2D eigenvalue weighted by molar-refractivity contribution is -0.384. The van der Waals surface area contributed by atoms with Crippen LogP contribution < -0.4 is 4.90 Å². The maximum Gasteiger partial charge on any atom is 0.331 e. The second kappa shape index (κ2) is 5.75. The fourth-order valence-electron chi connectivity index (χ4n) is 2.60. The van der Waals surface area contributed by atoms with Gasteiger partial charge in [0.15, 0.2) is 0 Å². The topological polar surface area (TPSA) is 89.8 Å². The van der Waals surface area contributed by atoms with Crippen LogP contribution in [0.4, 0.5) is 11.4 Å². The number of ether oxygens (including phenoxy) is 1. The molecule has 0 radical (unpaired) electrons. The van der Waals surface area contributed by atoms with Crippen molar-refractivity contribution in [2.24, 2.45) is 0 Å². The lowest BCUT2D eigenvalue weighted by atomic mass is 9.93. The molecule has 0 bridgehead atoms. The van der Waals surface area contributed by atoms with E-state index in [0.717, 1.165) is 0 Å². The maximum absolute atomic E-state index is 12.3. The van der Waals surface area contributed by atoms with Crippen LogP contribution in [0.5, 0.6) is 0 Å². The number of rotatable bonds is 4. The fourth-order valence-corrected chi connectivity index (χ4v) is 2.60. The first-order chi connectivity index (χ1) is 10.3. The summed E-state index contributed by atoms with van der Waals surface area (Å²) in [6, 6.07) is 4.31. The molecular weight excluding hydrogens is 288 g/mol. The van der Waals surface area contributed by atoms with Gasteiger partial charge in [-0.1, -0.05) is 0 Å². The second-order valence-corrected chi connectivity index (χ2v) is 5.58. The number of non-ortho nitro benzene ring substituents is 1. The second-order valence-electron chi connectivity index (χ2n) is 5.58. The number of nitro groups is 1. The largest absolute Gasteiger partial charge is 0.464 e. The number of nitro benzene ring substituents is 1. The molecule has 1 aliphatic rings. The molecule has 7 heteroatoms. The number of hydrogen-bond acceptors (Lipinski definition) is 5. The zero-order valence-corrected chi connectivity index (χ0v) is 12.8. The molecule has 0 fully saturated rings. The molecule has 1 aromatic rings. The zero-order valence-electron chi connectivity index (χ0n) is 12.8. The molecule has 7 nitrogen and oxygen atoms in total. The summed E-state index contributed by atoms with van der Waals surface area (Å²) in [5, 5.41) is 10.9. The minimum absolute atomic E-state index is 0.0259. The van der Waals surface area contributed by atoms with Crippen LogP contribution in [0.25, 0.3) is 0 Å². The molecule has 118 valence electrons. The van der Waals surface area contributed by atoms with Crippen molar-refractivity contribution in [3.63, 3.8) is 0 Å². The first-order valence-electron chi connectivity index (χ1n) is 7.06. The minimum Gasteiger partial charge on any atom is -0.464 e. The smallest absolute Gasteiger partial charge is 0.331 e. The summed E-state index contributed by atoms with van der Waals surface area (Å²) < 4.78 is 5.04. The summed E-state index contributed by atoms with van der Waals surface area (Å²) in [6.07, 6.45) is 0.627. The molecular formula is C15H18N2O5. The van der Waals surface area contributed by atoms with Gasteiger partial charge >= 0.3 is 5.97 Å². The molecule has 0 aliphatic carbocycles. The van der Waals surface area contributed by atoms with Gasteiger partial charge in [-0.3, -0.25) is 19.8 Å². The molecule has 0 unspecified atom stereocenters. The van der Waals surface area contributed by atoms with Crippen molar-refractivity contribution in [1.82, 2.24) is 0 Å². The number of amides is 1. The predicted octanol–water partition coefficient (Wildman–Crippen LogP) is 2.22. The average molecular weight is 306 g/mol. The Labute approximate surface area is 128 Å². The highest BCUT2D eigenvalue weighted by Gasteiger charge is 2.42. The Morgan fingerprint density at radius 3 is 2.68 bits per heavy atom. The van der Waals surface area contributed by atoms with Crippen LogP contribution in [-0.4, -0.2) is 28.9 Å². The number of carbonyl (C=O) groups is 2. The van der Waals surface area contributed by atoms with Gasteiger partial charge in [-0.25, -0.2) is 4.79 Å². The highest BCUT2D eigenvalue weighted by atomic mass is 16.6. The molecule has 0 saturated heterocycles. The van der Waals surface area contributed by atoms with Crippen molar-refractivity contribution < 1.29 is 19.2 Å². The van der Waals surface area contributed by atoms with Gasteiger partial charge in [0.1, 0.15) is 5.54 Å². The summed E-state index contributed by atoms with van der Waals surface area (Å²) in [5.41, 5.74) is 0.0198. The number of carbonyl (C=O) groups excluding carboxylic acids is 2. The molecule has 22 heavy (non-hydrogen) atoms. The van der Waals surface area contributed by atoms with Crippen molar-refractivity contribution in [3.8, 4) is 0 Å².